The van der Waals surface area contributed by atoms with E-state index in [0.717, 1.165) is 17.9 Å². The Morgan fingerprint density at radius 3 is 2.55 bits per heavy atom. The van der Waals surface area contributed by atoms with Gasteiger partial charge in [-0.05, 0) is 50.2 Å². The Bertz CT molecular complexity index is 569. The molecule has 1 atom stereocenters. The molecule has 2 rings (SSSR count). The number of hydrogen-bond acceptors (Lipinski definition) is 2. The number of benzene rings is 2. The Hall–Kier alpha value is -1.87. The summed E-state index contributed by atoms with van der Waals surface area (Å²) in [6.07, 6.45) is 0. The summed E-state index contributed by atoms with van der Waals surface area (Å²) in [5.74, 6) is 1.25. The van der Waals surface area contributed by atoms with Gasteiger partial charge in [0.15, 0.2) is 0 Å². The zero-order chi connectivity index (χ0) is 14.5. The Labute approximate surface area is 119 Å². The highest BCUT2D eigenvalue weighted by atomic mass is 19.1. The third-order valence-electron chi connectivity index (χ3n) is 3.24. The van der Waals surface area contributed by atoms with Crippen LogP contribution in [0.2, 0.25) is 0 Å². The van der Waals surface area contributed by atoms with Crippen LogP contribution in [0.5, 0.6) is 11.5 Å². The number of aryl methyl sites for hydroxylation is 1. The summed E-state index contributed by atoms with van der Waals surface area (Å²) in [4.78, 5) is 0. The second-order valence-corrected chi connectivity index (χ2v) is 4.83. The maximum atomic E-state index is 13.8. The summed E-state index contributed by atoms with van der Waals surface area (Å²) < 4.78 is 19.7. The van der Waals surface area contributed by atoms with E-state index in [1.807, 2.05) is 44.2 Å². The monoisotopic (exact) mass is 273 g/mol. The van der Waals surface area contributed by atoms with Crippen molar-refractivity contribution in [1.29, 1.82) is 0 Å². The first-order chi connectivity index (χ1) is 9.61. The van der Waals surface area contributed by atoms with Gasteiger partial charge in [0.1, 0.15) is 17.3 Å². The molecule has 3 heteroatoms. The molecule has 0 amide bonds. The number of nitrogens with one attached hydrogen (secondary N) is 1. The van der Waals surface area contributed by atoms with Gasteiger partial charge >= 0.3 is 0 Å². The average Bonchev–Trinajstić information content (AvgIpc) is 2.44. The van der Waals surface area contributed by atoms with E-state index >= 15 is 0 Å². The van der Waals surface area contributed by atoms with Crippen molar-refractivity contribution in [2.45, 2.75) is 26.8 Å². The van der Waals surface area contributed by atoms with Crippen LogP contribution in [-0.4, -0.2) is 6.54 Å². The molecule has 106 valence electrons. The molecule has 0 aliphatic heterocycles. The van der Waals surface area contributed by atoms with Crippen LogP contribution in [0.4, 0.5) is 4.39 Å². The van der Waals surface area contributed by atoms with Crippen molar-refractivity contribution in [3.8, 4) is 11.5 Å². The minimum absolute atomic E-state index is 0.0359. The van der Waals surface area contributed by atoms with Gasteiger partial charge < -0.3 is 10.1 Å². The van der Waals surface area contributed by atoms with Gasteiger partial charge in [-0.15, -0.1) is 0 Å². The van der Waals surface area contributed by atoms with Crippen LogP contribution in [0.3, 0.4) is 0 Å². The van der Waals surface area contributed by atoms with Gasteiger partial charge in [0.2, 0.25) is 0 Å². The Morgan fingerprint density at radius 2 is 1.90 bits per heavy atom. The standard InChI is InChI=1S/C17H20FNO/c1-4-19-13(3)15-11-16(18)12(2)10-17(15)20-14-8-6-5-7-9-14/h5-11,13,19H,4H2,1-3H3. The van der Waals surface area contributed by atoms with Crippen molar-refractivity contribution < 1.29 is 9.13 Å². The molecule has 0 radical (unpaired) electrons. The molecule has 20 heavy (non-hydrogen) atoms. The predicted molar refractivity (Wildman–Crippen MR) is 79.7 cm³/mol. The lowest BCUT2D eigenvalue weighted by Crippen LogP contribution is -2.18. The molecule has 1 unspecified atom stereocenters. The van der Waals surface area contributed by atoms with Gasteiger partial charge in [-0.1, -0.05) is 25.1 Å². The van der Waals surface area contributed by atoms with E-state index < -0.39 is 0 Å². The van der Waals surface area contributed by atoms with E-state index in [4.69, 9.17) is 4.74 Å². The molecule has 0 aliphatic carbocycles. The SMILES string of the molecule is CCNC(C)c1cc(F)c(C)cc1Oc1ccccc1. The van der Waals surface area contributed by atoms with E-state index in [1.54, 1.807) is 19.1 Å². The molecule has 2 aromatic rings. The van der Waals surface area contributed by atoms with Crippen molar-refractivity contribution in [3.63, 3.8) is 0 Å². The van der Waals surface area contributed by atoms with Gasteiger partial charge in [-0.3, -0.25) is 0 Å². The largest absolute Gasteiger partial charge is 0.457 e. The number of halogens is 1. The molecule has 0 saturated heterocycles. The maximum absolute atomic E-state index is 13.8. The van der Waals surface area contributed by atoms with Gasteiger partial charge in [0.05, 0.1) is 0 Å². The Balaban J connectivity index is 2.37. The Morgan fingerprint density at radius 1 is 1.20 bits per heavy atom. The molecular formula is C17H20FNO. The number of rotatable bonds is 5. The molecule has 0 aliphatic rings. The van der Waals surface area contributed by atoms with E-state index in [2.05, 4.69) is 5.32 Å². The number of para-hydroxylation sites is 1. The van der Waals surface area contributed by atoms with Crippen molar-refractivity contribution >= 4 is 0 Å². The minimum Gasteiger partial charge on any atom is -0.457 e. The van der Waals surface area contributed by atoms with Crippen molar-refractivity contribution in [2.24, 2.45) is 0 Å². The van der Waals surface area contributed by atoms with Crippen molar-refractivity contribution in [1.82, 2.24) is 5.32 Å². The third kappa shape index (κ3) is 3.36. The van der Waals surface area contributed by atoms with Crippen LogP contribution in [0, 0.1) is 12.7 Å². The second-order valence-electron chi connectivity index (χ2n) is 4.83. The highest BCUT2D eigenvalue weighted by Gasteiger charge is 2.14. The molecule has 0 spiro atoms. The van der Waals surface area contributed by atoms with Crippen LogP contribution < -0.4 is 10.1 Å². The molecule has 0 heterocycles. The van der Waals surface area contributed by atoms with Crippen LogP contribution in [-0.2, 0) is 0 Å². The third-order valence-corrected chi connectivity index (χ3v) is 3.24. The second kappa shape index (κ2) is 6.53. The summed E-state index contributed by atoms with van der Waals surface area (Å²) in [6.45, 7) is 6.60. The smallest absolute Gasteiger partial charge is 0.132 e. The number of hydrogen-bond donors (Lipinski definition) is 1. The lowest BCUT2D eigenvalue weighted by Gasteiger charge is -2.18. The topological polar surface area (TPSA) is 21.3 Å². The van der Waals surface area contributed by atoms with E-state index in [-0.39, 0.29) is 11.9 Å². The molecule has 0 aromatic heterocycles. The fourth-order valence-corrected chi connectivity index (χ4v) is 2.13. The highest BCUT2D eigenvalue weighted by Crippen LogP contribution is 2.31. The van der Waals surface area contributed by atoms with Crippen molar-refractivity contribution in [2.75, 3.05) is 6.54 Å². The first kappa shape index (κ1) is 14.5. The molecule has 0 bridgehead atoms. The maximum Gasteiger partial charge on any atom is 0.132 e. The first-order valence-corrected chi connectivity index (χ1v) is 6.88. The zero-order valence-corrected chi connectivity index (χ0v) is 12.1. The molecule has 1 N–H and O–H groups in total. The lowest BCUT2D eigenvalue weighted by atomic mass is 10.0. The van der Waals surface area contributed by atoms with Crippen LogP contribution >= 0.6 is 0 Å². The van der Waals surface area contributed by atoms with Gasteiger partial charge in [0.25, 0.3) is 0 Å². The van der Waals surface area contributed by atoms with Gasteiger partial charge in [0, 0.05) is 11.6 Å². The zero-order valence-electron chi connectivity index (χ0n) is 12.1. The summed E-state index contributed by atoms with van der Waals surface area (Å²) in [7, 11) is 0. The van der Waals surface area contributed by atoms with Crippen molar-refractivity contribution in [3.05, 3.63) is 59.4 Å². The first-order valence-electron chi connectivity index (χ1n) is 6.88. The van der Waals surface area contributed by atoms with Gasteiger partial charge in [-0.25, -0.2) is 4.39 Å². The van der Waals surface area contributed by atoms with Crippen LogP contribution in [0.1, 0.15) is 31.0 Å². The average molecular weight is 273 g/mol. The summed E-state index contributed by atoms with van der Waals surface area (Å²) in [5.41, 5.74) is 1.42. The fraction of sp³-hybridized carbons (Fsp3) is 0.294. The quantitative estimate of drug-likeness (QED) is 0.859. The lowest BCUT2D eigenvalue weighted by molar-refractivity contribution is 0.459. The minimum atomic E-state index is -0.204. The van der Waals surface area contributed by atoms with Gasteiger partial charge in [-0.2, -0.15) is 0 Å². The molecule has 2 nitrogen and oxygen atoms in total. The molecular weight excluding hydrogens is 253 g/mol. The Kier molecular flexibility index (Phi) is 4.74. The summed E-state index contributed by atoms with van der Waals surface area (Å²) in [5, 5.41) is 3.29. The molecule has 0 saturated carbocycles. The predicted octanol–water partition coefficient (Wildman–Crippen LogP) is 4.60. The summed E-state index contributed by atoms with van der Waals surface area (Å²) in [6, 6.07) is 12.9. The molecule has 2 aromatic carbocycles. The fourth-order valence-electron chi connectivity index (χ4n) is 2.13. The van der Waals surface area contributed by atoms with E-state index in [9.17, 15) is 4.39 Å². The normalized spacial score (nSPS) is 12.2. The highest BCUT2D eigenvalue weighted by molar-refractivity contribution is 5.42. The van der Waals surface area contributed by atoms with E-state index in [1.165, 1.54) is 0 Å². The summed E-state index contributed by atoms with van der Waals surface area (Å²) >= 11 is 0. The number of ether oxygens (including phenoxy) is 1. The van der Waals surface area contributed by atoms with Crippen LogP contribution in [0.25, 0.3) is 0 Å². The van der Waals surface area contributed by atoms with Crippen LogP contribution in [0.15, 0.2) is 42.5 Å². The molecule has 0 fully saturated rings. The van der Waals surface area contributed by atoms with E-state index in [0.29, 0.717) is 11.3 Å².